The molecule has 1 aromatic rings. The Morgan fingerprint density at radius 1 is 1.40 bits per heavy atom. The quantitative estimate of drug-likeness (QED) is 0.769. The van der Waals surface area contributed by atoms with Gasteiger partial charge in [-0.15, -0.1) is 0 Å². The minimum atomic E-state index is -0.116. The summed E-state index contributed by atoms with van der Waals surface area (Å²) in [7, 11) is 0. The van der Waals surface area contributed by atoms with E-state index in [0.717, 1.165) is 0 Å². The maximum absolute atomic E-state index is 11.9. The number of amides is 1. The molecule has 0 saturated carbocycles. The molecule has 0 radical (unpaired) electrons. The van der Waals surface area contributed by atoms with Crippen molar-refractivity contribution in [3.05, 3.63) is 28.0 Å². The summed E-state index contributed by atoms with van der Waals surface area (Å²) in [6.07, 6.45) is 1.39. The molecule has 0 unspecified atom stereocenters. The summed E-state index contributed by atoms with van der Waals surface area (Å²) in [5.41, 5.74) is 0.403. The Labute approximate surface area is 99.0 Å². The molecule has 15 heavy (non-hydrogen) atoms. The van der Waals surface area contributed by atoms with Gasteiger partial charge in [0.1, 0.15) is 5.15 Å². The molecule has 0 aliphatic rings. The van der Waals surface area contributed by atoms with Crippen molar-refractivity contribution in [3.63, 3.8) is 0 Å². The van der Waals surface area contributed by atoms with E-state index in [0.29, 0.717) is 23.7 Å². The molecule has 0 atom stereocenters. The number of carbonyl (C=O) groups excluding carboxylic acids is 1. The van der Waals surface area contributed by atoms with E-state index in [9.17, 15) is 4.79 Å². The Bertz CT molecular complexity index is 364. The van der Waals surface area contributed by atoms with Crippen LogP contribution in [0.2, 0.25) is 10.2 Å². The van der Waals surface area contributed by atoms with Crippen molar-refractivity contribution < 1.29 is 4.79 Å². The highest BCUT2D eigenvalue weighted by Gasteiger charge is 2.16. The molecule has 0 aliphatic carbocycles. The van der Waals surface area contributed by atoms with Gasteiger partial charge in [-0.2, -0.15) is 0 Å². The number of hydrogen-bond acceptors (Lipinski definition) is 2. The molecule has 0 saturated heterocycles. The first-order valence-electron chi connectivity index (χ1n) is 4.70. The fourth-order valence-corrected chi connectivity index (χ4v) is 1.60. The second kappa shape index (κ2) is 5.33. The van der Waals surface area contributed by atoms with E-state index >= 15 is 0 Å². The molecule has 0 fully saturated rings. The van der Waals surface area contributed by atoms with Gasteiger partial charge in [0.15, 0.2) is 0 Å². The Balaban J connectivity index is 3.04. The molecule has 1 aromatic heterocycles. The fourth-order valence-electron chi connectivity index (χ4n) is 1.26. The number of nitrogens with zero attached hydrogens (tertiary/aromatic N) is 2. The van der Waals surface area contributed by atoms with Gasteiger partial charge in [0.05, 0.1) is 10.6 Å². The lowest BCUT2D eigenvalue weighted by Gasteiger charge is -2.19. The zero-order valence-electron chi connectivity index (χ0n) is 8.63. The molecular weight excluding hydrogens is 235 g/mol. The molecule has 3 nitrogen and oxygen atoms in total. The van der Waals surface area contributed by atoms with Gasteiger partial charge in [-0.1, -0.05) is 23.2 Å². The molecular formula is C10H12Cl2N2O. The monoisotopic (exact) mass is 246 g/mol. The fraction of sp³-hybridized carbons (Fsp3) is 0.400. The Morgan fingerprint density at radius 2 is 2.00 bits per heavy atom. The van der Waals surface area contributed by atoms with Crippen LogP contribution in [0.3, 0.4) is 0 Å². The van der Waals surface area contributed by atoms with Gasteiger partial charge in [-0.25, -0.2) is 4.98 Å². The van der Waals surface area contributed by atoms with E-state index in [4.69, 9.17) is 23.2 Å². The summed E-state index contributed by atoms with van der Waals surface area (Å²) < 4.78 is 0. The minimum absolute atomic E-state index is 0.116. The molecule has 1 rings (SSSR count). The number of halogens is 2. The van der Waals surface area contributed by atoms with E-state index in [-0.39, 0.29) is 11.1 Å². The molecule has 1 heterocycles. The zero-order chi connectivity index (χ0) is 11.4. The Morgan fingerprint density at radius 3 is 2.53 bits per heavy atom. The maximum Gasteiger partial charge on any atom is 0.255 e. The summed E-state index contributed by atoms with van der Waals surface area (Å²) in [6.45, 7) is 5.12. The number of rotatable bonds is 3. The Kier molecular flexibility index (Phi) is 4.36. The first-order valence-corrected chi connectivity index (χ1v) is 5.46. The lowest BCUT2D eigenvalue weighted by Crippen LogP contribution is -2.30. The van der Waals surface area contributed by atoms with Gasteiger partial charge < -0.3 is 4.90 Å². The summed E-state index contributed by atoms with van der Waals surface area (Å²) in [4.78, 5) is 17.4. The van der Waals surface area contributed by atoms with Crippen LogP contribution in [0.15, 0.2) is 12.3 Å². The summed E-state index contributed by atoms with van der Waals surface area (Å²) >= 11 is 11.6. The average molecular weight is 247 g/mol. The highest BCUT2D eigenvalue weighted by molar-refractivity contribution is 6.35. The molecule has 0 aliphatic heterocycles. The SMILES string of the molecule is CCN(CC)C(=O)c1cc(Cl)ncc1Cl. The largest absolute Gasteiger partial charge is 0.339 e. The second-order valence-electron chi connectivity index (χ2n) is 2.96. The normalized spacial score (nSPS) is 10.1. The first kappa shape index (κ1) is 12.3. The van der Waals surface area contributed by atoms with Crippen LogP contribution in [0.5, 0.6) is 0 Å². The standard InChI is InChI=1S/C10H12Cl2N2O/c1-3-14(4-2)10(15)7-5-9(12)13-6-8(7)11/h5-6H,3-4H2,1-2H3. The zero-order valence-corrected chi connectivity index (χ0v) is 10.1. The number of carbonyl (C=O) groups is 1. The average Bonchev–Trinajstić information content (AvgIpc) is 2.23. The van der Waals surface area contributed by atoms with Crippen molar-refractivity contribution in [2.45, 2.75) is 13.8 Å². The molecule has 5 heteroatoms. The third-order valence-electron chi connectivity index (χ3n) is 2.10. The highest BCUT2D eigenvalue weighted by Crippen LogP contribution is 2.19. The highest BCUT2D eigenvalue weighted by atomic mass is 35.5. The summed E-state index contributed by atoms with van der Waals surface area (Å²) in [5.74, 6) is -0.116. The molecule has 0 spiro atoms. The Hall–Kier alpha value is -0.800. The van der Waals surface area contributed by atoms with Crippen molar-refractivity contribution in [1.29, 1.82) is 0 Å². The van der Waals surface area contributed by atoms with Crippen molar-refractivity contribution in [1.82, 2.24) is 9.88 Å². The van der Waals surface area contributed by atoms with Gasteiger partial charge in [-0.05, 0) is 19.9 Å². The summed E-state index contributed by atoms with van der Waals surface area (Å²) in [6, 6.07) is 1.49. The third kappa shape index (κ3) is 2.83. The van der Waals surface area contributed by atoms with Crippen molar-refractivity contribution in [3.8, 4) is 0 Å². The van der Waals surface area contributed by atoms with Crippen LogP contribution in [0.1, 0.15) is 24.2 Å². The van der Waals surface area contributed by atoms with Crippen molar-refractivity contribution in [2.75, 3.05) is 13.1 Å². The lowest BCUT2D eigenvalue weighted by molar-refractivity contribution is 0.0773. The summed E-state index contributed by atoms with van der Waals surface area (Å²) in [5, 5.41) is 0.603. The second-order valence-corrected chi connectivity index (χ2v) is 3.76. The third-order valence-corrected chi connectivity index (χ3v) is 2.61. The van der Waals surface area contributed by atoms with Gasteiger partial charge in [0.2, 0.25) is 0 Å². The van der Waals surface area contributed by atoms with Crippen LogP contribution in [0, 0.1) is 0 Å². The van der Waals surface area contributed by atoms with Crippen LogP contribution in [-0.2, 0) is 0 Å². The van der Waals surface area contributed by atoms with Crippen LogP contribution in [0.25, 0.3) is 0 Å². The van der Waals surface area contributed by atoms with Gasteiger partial charge in [0.25, 0.3) is 5.91 Å². The van der Waals surface area contributed by atoms with Crippen LogP contribution in [0.4, 0.5) is 0 Å². The first-order chi connectivity index (χ1) is 7.10. The topological polar surface area (TPSA) is 33.2 Å². The molecule has 0 bridgehead atoms. The van der Waals surface area contributed by atoms with Crippen LogP contribution >= 0.6 is 23.2 Å². The minimum Gasteiger partial charge on any atom is -0.339 e. The van der Waals surface area contributed by atoms with Gasteiger partial charge in [0, 0.05) is 19.3 Å². The van der Waals surface area contributed by atoms with E-state index in [2.05, 4.69) is 4.98 Å². The van der Waals surface area contributed by atoms with E-state index in [1.54, 1.807) is 4.90 Å². The predicted molar refractivity (Wildman–Crippen MR) is 61.5 cm³/mol. The smallest absolute Gasteiger partial charge is 0.255 e. The van der Waals surface area contributed by atoms with Crippen molar-refractivity contribution in [2.24, 2.45) is 0 Å². The lowest BCUT2D eigenvalue weighted by atomic mass is 10.2. The van der Waals surface area contributed by atoms with E-state index < -0.39 is 0 Å². The molecule has 0 aromatic carbocycles. The van der Waals surface area contributed by atoms with E-state index in [1.165, 1.54) is 12.3 Å². The maximum atomic E-state index is 11.9. The predicted octanol–water partition coefficient (Wildman–Crippen LogP) is 2.87. The van der Waals surface area contributed by atoms with Crippen LogP contribution in [-0.4, -0.2) is 28.9 Å². The van der Waals surface area contributed by atoms with E-state index in [1.807, 2.05) is 13.8 Å². The molecule has 1 amide bonds. The molecule has 82 valence electrons. The van der Waals surface area contributed by atoms with Gasteiger partial charge >= 0.3 is 0 Å². The van der Waals surface area contributed by atoms with Crippen molar-refractivity contribution >= 4 is 29.1 Å². The number of hydrogen-bond donors (Lipinski definition) is 0. The number of pyridine rings is 1. The van der Waals surface area contributed by atoms with Gasteiger partial charge in [-0.3, -0.25) is 4.79 Å². The number of aromatic nitrogens is 1. The molecule has 0 N–H and O–H groups in total. The van der Waals surface area contributed by atoms with Crippen LogP contribution < -0.4 is 0 Å².